The van der Waals surface area contributed by atoms with Gasteiger partial charge in [0.2, 0.25) is 0 Å². The van der Waals surface area contributed by atoms with E-state index >= 15 is 0 Å². The molecular formula is C12H18O2S. The highest BCUT2D eigenvalue weighted by molar-refractivity contribution is 7.72. The highest BCUT2D eigenvalue weighted by Crippen LogP contribution is 2.12. The van der Waals surface area contributed by atoms with Crippen LogP contribution in [0.3, 0.4) is 0 Å². The van der Waals surface area contributed by atoms with Gasteiger partial charge >= 0.3 is 0 Å². The van der Waals surface area contributed by atoms with E-state index in [1.54, 1.807) is 12.1 Å². The normalized spacial score (nSPS) is 11.2. The van der Waals surface area contributed by atoms with Crippen molar-refractivity contribution in [1.82, 2.24) is 0 Å². The van der Waals surface area contributed by atoms with Gasteiger partial charge in [0.25, 0.3) is 0 Å². The van der Waals surface area contributed by atoms with Gasteiger partial charge in [0.05, 0.1) is 4.90 Å². The van der Waals surface area contributed by atoms with E-state index in [0.717, 1.165) is 18.4 Å². The zero-order chi connectivity index (χ0) is 11.3. The molecule has 1 aromatic rings. The second-order valence-corrected chi connectivity index (χ2v) is 5.24. The molecule has 0 aliphatic heterocycles. The standard InChI is InChI=1S/C12H18O2S/c1-10(2)5-3-6-11-7-4-8-12(9-11)15(13)14/h4,7-10,15H,3,5-6H2,1-2H3. The fraction of sp³-hybridized carbons (Fsp3) is 0.500. The zero-order valence-corrected chi connectivity index (χ0v) is 10.2. The van der Waals surface area contributed by atoms with E-state index in [4.69, 9.17) is 0 Å². The van der Waals surface area contributed by atoms with Crippen LogP contribution in [0.5, 0.6) is 0 Å². The second-order valence-electron chi connectivity index (χ2n) is 4.21. The molecule has 84 valence electrons. The Morgan fingerprint density at radius 1 is 1.27 bits per heavy atom. The monoisotopic (exact) mass is 226 g/mol. The maximum absolute atomic E-state index is 10.8. The van der Waals surface area contributed by atoms with Gasteiger partial charge in [0.1, 0.15) is 0 Å². The van der Waals surface area contributed by atoms with Crippen molar-refractivity contribution in [3.63, 3.8) is 0 Å². The van der Waals surface area contributed by atoms with Gasteiger partial charge in [-0.3, -0.25) is 0 Å². The molecule has 0 atom stereocenters. The lowest BCUT2D eigenvalue weighted by Crippen LogP contribution is -1.91. The van der Waals surface area contributed by atoms with Gasteiger partial charge < -0.3 is 0 Å². The first-order chi connectivity index (χ1) is 7.09. The second kappa shape index (κ2) is 5.91. The van der Waals surface area contributed by atoms with Crippen LogP contribution in [0.1, 0.15) is 32.3 Å². The third-order valence-corrected chi connectivity index (χ3v) is 3.07. The Labute approximate surface area is 93.3 Å². The molecule has 0 amide bonds. The Morgan fingerprint density at radius 2 is 2.00 bits per heavy atom. The van der Waals surface area contributed by atoms with E-state index in [0.29, 0.717) is 10.8 Å². The lowest BCUT2D eigenvalue weighted by Gasteiger charge is -2.04. The van der Waals surface area contributed by atoms with E-state index in [-0.39, 0.29) is 0 Å². The van der Waals surface area contributed by atoms with Crippen molar-refractivity contribution in [1.29, 1.82) is 0 Å². The van der Waals surface area contributed by atoms with Gasteiger partial charge in [-0.2, -0.15) is 0 Å². The molecule has 0 aliphatic rings. The van der Waals surface area contributed by atoms with Crippen LogP contribution in [-0.4, -0.2) is 8.42 Å². The highest BCUT2D eigenvalue weighted by atomic mass is 32.2. The van der Waals surface area contributed by atoms with Crippen molar-refractivity contribution >= 4 is 10.7 Å². The van der Waals surface area contributed by atoms with Crippen LogP contribution in [-0.2, 0) is 17.1 Å². The predicted molar refractivity (Wildman–Crippen MR) is 62.8 cm³/mol. The molecule has 15 heavy (non-hydrogen) atoms. The Hall–Kier alpha value is -0.830. The molecule has 3 heteroatoms. The van der Waals surface area contributed by atoms with Crippen LogP contribution in [0.15, 0.2) is 29.2 Å². The fourth-order valence-corrected chi connectivity index (χ4v) is 2.02. The van der Waals surface area contributed by atoms with E-state index in [1.165, 1.54) is 6.42 Å². The summed E-state index contributed by atoms with van der Waals surface area (Å²) in [5.74, 6) is 0.712. The average Bonchev–Trinajstić information content (AvgIpc) is 2.17. The van der Waals surface area contributed by atoms with Crippen LogP contribution < -0.4 is 0 Å². The third-order valence-electron chi connectivity index (χ3n) is 2.37. The molecule has 0 aliphatic carbocycles. The molecule has 2 nitrogen and oxygen atoms in total. The van der Waals surface area contributed by atoms with Gasteiger partial charge in [0.15, 0.2) is 10.7 Å². The SMILES string of the molecule is CC(C)CCCc1cccc([SH](=O)=O)c1. The van der Waals surface area contributed by atoms with Crippen LogP contribution in [0.2, 0.25) is 0 Å². The summed E-state index contributed by atoms with van der Waals surface area (Å²) in [5, 5.41) is 0. The maximum Gasteiger partial charge on any atom is 0.168 e. The summed E-state index contributed by atoms with van der Waals surface area (Å²) in [6.45, 7) is 4.40. The minimum Gasteiger partial charge on any atom is -0.227 e. The molecular weight excluding hydrogens is 208 g/mol. The fourth-order valence-electron chi connectivity index (χ4n) is 1.54. The molecule has 0 heterocycles. The Morgan fingerprint density at radius 3 is 2.60 bits per heavy atom. The van der Waals surface area contributed by atoms with Crippen molar-refractivity contribution < 1.29 is 8.42 Å². The first-order valence-electron chi connectivity index (χ1n) is 5.33. The average molecular weight is 226 g/mol. The molecule has 0 radical (unpaired) electrons. The van der Waals surface area contributed by atoms with Crippen molar-refractivity contribution in [2.45, 2.75) is 38.0 Å². The van der Waals surface area contributed by atoms with E-state index in [2.05, 4.69) is 13.8 Å². The van der Waals surface area contributed by atoms with Crippen molar-refractivity contribution in [3.8, 4) is 0 Å². The number of thiol groups is 1. The topological polar surface area (TPSA) is 34.1 Å². The van der Waals surface area contributed by atoms with Crippen LogP contribution >= 0.6 is 0 Å². The summed E-state index contributed by atoms with van der Waals surface area (Å²) >= 11 is 0. The number of aryl methyl sites for hydroxylation is 1. The van der Waals surface area contributed by atoms with Gasteiger partial charge in [0, 0.05) is 0 Å². The number of hydrogen-bond acceptors (Lipinski definition) is 2. The van der Waals surface area contributed by atoms with Gasteiger partial charge in [-0.1, -0.05) is 32.4 Å². The summed E-state index contributed by atoms with van der Waals surface area (Å²) in [5.41, 5.74) is 1.12. The molecule has 0 bridgehead atoms. The van der Waals surface area contributed by atoms with Gasteiger partial charge in [-0.25, -0.2) is 8.42 Å². The highest BCUT2D eigenvalue weighted by Gasteiger charge is 1.99. The van der Waals surface area contributed by atoms with Crippen molar-refractivity contribution in [2.75, 3.05) is 0 Å². The summed E-state index contributed by atoms with van der Waals surface area (Å²) in [7, 11) is -2.44. The molecule has 1 rings (SSSR count). The summed E-state index contributed by atoms with van der Waals surface area (Å²) in [6.07, 6.45) is 3.28. The molecule has 0 saturated heterocycles. The summed E-state index contributed by atoms with van der Waals surface area (Å²) < 4.78 is 21.5. The molecule has 0 N–H and O–H groups in total. The minimum atomic E-state index is -2.44. The molecule has 0 unspecified atom stereocenters. The van der Waals surface area contributed by atoms with Crippen LogP contribution in [0, 0.1) is 5.92 Å². The number of benzene rings is 1. The summed E-state index contributed by atoms with van der Waals surface area (Å²) in [4.78, 5) is 0.423. The van der Waals surface area contributed by atoms with Crippen molar-refractivity contribution in [2.24, 2.45) is 5.92 Å². The quantitative estimate of drug-likeness (QED) is 0.783. The predicted octanol–water partition coefficient (Wildman–Crippen LogP) is 2.64. The zero-order valence-electron chi connectivity index (χ0n) is 9.27. The smallest absolute Gasteiger partial charge is 0.168 e. The molecule has 0 aromatic heterocycles. The Kier molecular flexibility index (Phi) is 4.82. The minimum absolute atomic E-state index is 0.423. The molecule has 0 spiro atoms. The molecule has 1 aromatic carbocycles. The van der Waals surface area contributed by atoms with Crippen LogP contribution in [0.25, 0.3) is 0 Å². The first-order valence-corrected chi connectivity index (χ1v) is 6.50. The van der Waals surface area contributed by atoms with E-state index < -0.39 is 10.7 Å². The Bertz CT molecular complexity index is 373. The van der Waals surface area contributed by atoms with Gasteiger partial charge in [-0.05, 0) is 36.5 Å². The van der Waals surface area contributed by atoms with Crippen molar-refractivity contribution in [3.05, 3.63) is 29.8 Å². The number of rotatable bonds is 5. The van der Waals surface area contributed by atoms with E-state index in [1.807, 2.05) is 12.1 Å². The molecule has 0 saturated carbocycles. The lowest BCUT2D eigenvalue weighted by atomic mass is 10.0. The number of hydrogen-bond donors (Lipinski definition) is 1. The first kappa shape index (κ1) is 12.2. The third kappa shape index (κ3) is 4.47. The molecule has 0 fully saturated rings. The maximum atomic E-state index is 10.8. The largest absolute Gasteiger partial charge is 0.227 e. The van der Waals surface area contributed by atoms with E-state index in [9.17, 15) is 8.42 Å². The lowest BCUT2D eigenvalue weighted by molar-refractivity contribution is 0.555. The Balaban J connectivity index is 2.58. The summed E-state index contributed by atoms with van der Waals surface area (Å²) in [6, 6.07) is 7.21. The van der Waals surface area contributed by atoms with Crippen LogP contribution in [0.4, 0.5) is 0 Å². The van der Waals surface area contributed by atoms with Gasteiger partial charge in [-0.15, -0.1) is 0 Å².